The van der Waals surface area contributed by atoms with Gasteiger partial charge in [-0.1, -0.05) is 48.4 Å². The van der Waals surface area contributed by atoms with E-state index in [0.29, 0.717) is 28.5 Å². The number of hydrogen-bond acceptors (Lipinski definition) is 10. The molecule has 6 rings (SSSR count). The summed E-state index contributed by atoms with van der Waals surface area (Å²) in [5, 5.41) is 15.3. The maximum Gasteiger partial charge on any atom is 0.412 e. The van der Waals surface area contributed by atoms with Gasteiger partial charge in [0.25, 0.3) is 0 Å². The fourth-order valence-corrected chi connectivity index (χ4v) is 8.56. The van der Waals surface area contributed by atoms with Crippen molar-refractivity contribution >= 4 is 52.3 Å². The van der Waals surface area contributed by atoms with Crippen molar-refractivity contribution in [1.82, 2.24) is 0 Å². The number of epoxide rings is 1. The lowest BCUT2D eigenvalue weighted by Gasteiger charge is -2.41. The quantitative estimate of drug-likeness (QED) is 0.181. The first-order valence-electron chi connectivity index (χ1n) is 18.7. The monoisotopic (exact) mass is 764 g/mol. The topological polar surface area (TPSA) is 156 Å². The average molecular weight is 765 g/mol. The van der Waals surface area contributed by atoms with Gasteiger partial charge in [0.15, 0.2) is 0 Å². The lowest BCUT2D eigenvalue weighted by atomic mass is 9.78. The Kier molecular flexibility index (Phi) is 11.4. The van der Waals surface area contributed by atoms with E-state index < -0.39 is 53.6 Å². The van der Waals surface area contributed by atoms with Gasteiger partial charge < -0.3 is 39.6 Å². The van der Waals surface area contributed by atoms with Crippen molar-refractivity contribution in [3.05, 3.63) is 69.8 Å². The number of methoxy groups -OCH3 is 1. The molecule has 4 heterocycles. The van der Waals surface area contributed by atoms with Gasteiger partial charge in [-0.15, -0.1) is 0 Å². The molecule has 0 spiro atoms. The molecule has 4 aliphatic heterocycles. The normalized spacial score (nSPS) is 31.9. The summed E-state index contributed by atoms with van der Waals surface area (Å²) in [6, 6.07) is 7.52. The van der Waals surface area contributed by atoms with E-state index >= 15 is 0 Å². The number of carbonyl (C=O) groups is 3. The highest BCUT2D eigenvalue weighted by atomic mass is 35.5. The Morgan fingerprint density at radius 3 is 2.52 bits per heavy atom. The Morgan fingerprint density at radius 2 is 1.81 bits per heavy atom. The molecule has 4 N–H and O–H groups in total. The van der Waals surface area contributed by atoms with Crippen LogP contribution in [-0.2, 0) is 35.0 Å². The molecule has 2 amide bonds. The van der Waals surface area contributed by atoms with Crippen LogP contribution in [0, 0.1) is 19.8 Å². The summed E-state index contributed by atoms with van der Waals surface area (Å²) >= 11 is 6.82. The van der Waals surface area contributed by atoms with Crippen molar-refractivity contribution in [2.75, 3.05) is 48.1 Å². The number of hydrogen-bond donors (Lipinski definition) is 3. The second kappa shape index (κ2) is 15.6. The summed E-state index contributed by atoms with van der Waals surface area (Å²) in [4.78, 5) is 44.8. The lowest BCUT2D eigenvalue weighted by Crippen LogP contribution is -2.53. The Morgan fingerprint density at radius 1 is 1.09 bits per heavy atom. The number of nitrogens with one attached hydrogen (secondary N) is 1. The van der Waals surface area contributed by atoms with Gasteiger partial charge in [0, 0.05) is 45.3 Å². The van der Waals surface area contributed by atoms with Gasteiger partial charge in [-0.2, -0.15) is 0 Å². The van der Waals surface area contributed by atoms with Gasteiger partial charge in [0.2, 0.25) is 5.91 Å². The summed E-state index contributed by atoms with van der Waals surface area (Å²) in [6.45, 7) is 11.1. The van der Waals surface area contributed by atoms with Gasteiger partial charge in [0.1, 0.15) is 29.5 Å². The molecule has 2 aromatic carbocycles. The number of ether oxygens (including phenoxy) is 4. The molecule has 54 heavy (non-hydrogen) atoms. The first-order valence-corrected chi connectivity index (χ1v) is 19.1. The molecule has 0 aliphatic carbocycles. The Hall–Kier alpha value is -4.10. The number of nitrogens with zero attached hydrogens (tertiary/aromatic N) is 2. The van der Waals surface area contributed by atoms with E-state index in [9.17, 15) is 19.5 Å². The molecule has 0 radical (unpaired) electrons. The summed E-state index contributed by atoms with van der Waals surface area (Å²) in [5.74, 6) is -1.35. The van der Waals surface area contributed by atoms with E-state index in [0.717, 1.165) is 53.9 Å². The Bertz CT molecular complexity index is 1860. The zero-order valence-corrected chi connectivity index (χ0v) is 33.0. The van der Waals surface area contributed by atoms with Crippen LogP contribution in [0.3, 0.4) is 0 Å². The molecular weight excluding hydrogens is 712 g/mol. The van der Waals surface area contributed by atoms with Crippen LogP contribution < -0.4 is 20.9 Å². The maximum absolute atomic E-state index is 14.2. The molecule has 0 unspecified atom stereocenters. The number of benzene rings is 2. The van der Waals surface area contributed by atoms with Crippen LogP contribution in [0.5, 0.6) is 0 Å². The van der Waals surface area contributed by atoms with E-state index in [-0.39, 0.29) is 25.2 Å². The minimum atomic E-state index is -1.55. The molecule has 292 valence electrons. The minimum absolute atomic E-state index is 0.0916. The fraction of sp³-hybridized carbons (Fsp3) is 0.537. The third kappa shape index (κ3) is 8.12. The Labute approximate surface area is 322 Å². The van der Waals surface area contributed by atoms with Crippen LogP contribution in [0.1, 0.15) is 69.6 Å². The van der Waals surface area contributed by atoms with Crippen LogP contribution in [0.4, 0.5) is 27.5 Å². The molecule has 13 heteroatoms. The van der Waals surface area contributed by atoms with Crippen LogP contribution in [-0.4, -0.2) is 85.9 Å². The van der Waals surface area contributed by atoms with Crippen molar-refractivity contribution in [1.29, 1.82) is 0 Å². The molecule has 2 aromatic rings. The van der Waals surface area contributed by atoms with Crippen LogP contribution in [0.25, 0.3) is 0 Å². The van der Waals surface area contributed by atoms with E-state index in [1.165, 1.54) is 12.0 Å². The number of rotatable bonds is 4. The molecule has 4 bridgehead atoms. The number of nitrogens with two attached hydrogens (primary N) is 1. The maximum atomic E-state index is 14.2. The molecular formula is C41H53ClN4O8. The number of nitrogen functional groups attached to an aromatic ring is 1. The van der Waals surface area contributed by atoms with Crippen LogP contribution in [0.15, 0.2) is 48.1 Å². The van der Waals surface area contributed by atoms with Gasteiger partial charge in [0.05, 0.1) is 41.0 Å². The molecule has 3 fully saturated rings. The van der Waals surface area contributed by atoms with Crippen LogP contribution >= 0.6 is 11.6 Å². The van der Waals surface area contributed by atoms with Crippen LogP contribution in [0.2, 0.25) is 5.02 Å². The van der Waals surface area contributed by atoms with Crippen molar-refractivity contribution in [3.8, 4) is 0 Å². The standard InChI is InChI=1S/C41H53ClN4O8/c1-23-11-10-12-32(51-7)41(50)21-31(52-35(48)22-41)26(4)38-40(5,54-38)33(20-34(47)45(6)29-18-27(15-23)16-24(2)36(29)42)53-39(49)44-37-25(3)17-28(43)19-30(37)46-13-8-9-14-46/h10-12,16-19,26,31-33,38,50H,8-9,13-15,20-22,43H2,1-7H3,(H,44,49)/b12-10+,23-11+/t26-,31+,32-,33+,38+,40+,41-/m1/s1. The first-order chi connectivity index (χ1) is 25.5. The van der Waals surface area contributed by atoms with Gasteiger partial charge in [-0.05, 0) is 81.8 Å². The van der Waals surface area contributed by atoms with E-state index in [1.54, 1.807) is 26.1 Å². The number of esters is 1. The van der Waals surface area contributed by atoms with Crippen molar-refractivity contribution in [3.63, 3.8) is 0 Å². The summed E-state index contributed by atoms with van der Waals surface area (Å²) in [7, 11) is 3.15. The average Bonchev–Trinajstić information content (AvgIpc) is 3.50. The lowest BCUT2D eigenvalue weighted by molar-refractivity contribution is -0.187. The summed E-state index contributed by atoms with van der Waals surface area (Å²) in [5.41, 5.74) is 9.58. The second-order valence-electron chi connectivity index (χ2n) is 15.7. The smallest absolute Gasteiger partial charge is 0.412 e. The largest absolute Gasteiger partial charge is 0.462 e. The number of amides is 2. The Balaban J connectivity index is 1.36. The third-order valence-electron chi connectivity index (χ3n) is 11.5. The van der Waals surface area contributed by atoms with Gasteiger partial charge in [-0.3, -0.25) is 14.9 Å². The second-order valence-corrected chi connectivity index (χ2v) is 16.1. The predicted molar refractivity (Wildman–Crippen MR) is 209 cm³/mol. The fourth-order valence-electron chi connectivity index (χ4n) is 8.32. The molecule has 7 atom stereocenters. The zero-order valence-electron chi connectivity index (χ0n) is 32.2. The number of carbonyl (C=O) groups excluding carboxylic acids is 3. The van der Waals surface area contributed by atoms with E-state index in [2.05, 4.69) is 10.2 Å². The first kappa shape index (κ1) is 39.6. The van der Waals surface area contributed by atoms with Crippen molar-refractivity contribution < 1.29 is 38.4 Å². The van der Waals surface area contributed by atoms with E-state index in [4.69, 9.17) is 36.3 Å². The number of allylic oxidation sites excluding steroid dienone is 3. The molecule has 0 aromatic heterocycles. The number of halogens is 1. The van der Waals surface area contributed by atoms with Crippen molar-refractivity contribution in [2.24, 2.45) is 5.92 Å². The molecule has 0 saturated carbocycles. The molecule has 3 saturated heterocycles. The van der Waals surface area contributed by atoms with Gasteiger partial charge >= 0.3 is 12.1 Å². The van der Waals surface area contributed by atoms with Gasteiger partial charge in [-0.25, -0.2) is 4.79 Å². The minimum Gasteiger partial charge on any atom is -0.462 e. The van der Waals surface area contributed by atoms with E-state index in [1.807, 2.05) is 58.0 Å². The highest BCUT2D eigenvalue weighted by Crippen LogP contribution is 2.50. The number of anilines is 4. The zero-order chi connectivity index (χ0) is 39.1. The number of aryl methyl sites for hydroxylation is 2. The SMILES string of the molecule is CO[C@@H]1/C=C/C=C(\C)Cc2cc(C)c(Cl)c(c2)N(C)C(=O)C[C@H](OC(=O)Nc2c(C)cc(N)cc2N2CCCC2)[C@]2(C)O[C@H]2[C@H](C)[C@@H]2C[C@@]1(O)CC(=O)O2. The number of fused-ring (bicyclic) bond motifs is 5. The summed E-state index contributed by atoms with van der Waals surface area (Å²) < 4.78 is 24.1. The third-order valence-corrected chi connectivity index (χ3v) is 12.0. The molecule has 12 nitrogen and oxygen atoms in total. The molecule has 4 aliphatic rings. The summed E-state index contributed by atoms with van der Waals surface area (Å²) in [6.07, 6.45) is 3.80. The number of aliphatic hydroxyl groups is 1. The highest BCUT2D eigenvalue weighted by Gasteiger charge is 2.64. The van der Waals surface area contributed by atoms with Crippen molar-refractivity contribution in [2.45, 2.75) is 109 Å². The highest BCUT2D eigenvalue weighted by molar-refractivity contribution is 6.34. The predicted octanol–water partition coefficient (Wildman–Crippen LogP) is 6.41.